The van der Waals surface area contributed by atoms with E-state index in [1.54, 1.807) is 19.3 Å². The van der Waals surface area contributed by atoms with Crippen molar-refractivity contribution in [3.8, 4) is 11.3 Å². The summed E-state index contributed by atoms with van der Waals surface area (Å²) in [7, 11) is 0. The number of aliphatic imine (C=N–C) groups is 1. The number of aryl methyl sites for hydroxylation is 1. The highest BCUT2D eigenvalue weighted by Gasteiger charge is 2.20. The van der Waals surface area contributed by atoms with Gasteiger partial charge in [-0.3, -0.25) is 9.79 Å². The Hall–Kier alpha value is -3.22. The number of nitrogens with one attached hydrogen (secondary N) is 2. The maximum absolute atomic E-state index is 11.6. The second-order valence-corrected chi connectivity index (χ2v) is 7.80. The van der Waals surface area contributed by atoms with Crippen LogP contribution in [0.5, 0.6) is 0 Å². The highest BCUT2D eigenvalue weighted by molar-refractivity contribution is 5.82. The Morgan fingerprint density at radius 2 is 2.13 bits per heavy atom. The van der Waals surface area contributed by atoms with E-state index in [2.05, 4.69) is 43.8 Å². The van der Waals surface area contributed by atoms with Crippen LogP contribution in [-0.2, 0) is 11.2 Å². The number of fused-ring (bicyclic) bond motifs is 1. The molecule has 0 radical (unpaired) electrons. The molecular weight excluding hydrogens is 376 g/mol. The van der Waals surface area contributed by atoms with Gasteiger partial charge in [0.05, 0.1) is 17.4 Å². The van der Waals surface area contributed by atoms with Crippen LogP contribution in [0.15, 0.2) is 47.4 Å². The van der Waals surface area contributed by atoms with Gasteiger partial charge >= 0.3 is 0 Å². The molecule has 4 N–H and O–H groups in total. The van der Waals surface area contributed by atoms with Crippen LogP contribution in [0.1, 0.15) is 57.2 Å². The predicted octanol–water partition coefficient (Wildman–Crippen LogP) is 3.74. The van der Waals surface area contributed by atoms with Gasteiger partial charge in [0.15, 0.2) is 0 Å². The molecule has 1 atom stereocenters. The topological polar surface area (TPSA) is 105 Å². The Morgan fingerprint density at radius 1 is 1.30 bits per heavy atom. The Labute approximate surface area is 177 Å². The van der Waals surface area contributed by atoms with Gasteiger partial charge in [-0.25, -0.2) is 9.97 Å². The van der Waals surface area contributed by atoms with E-state index in [0.717, 1.165) is 36.9 Å². The van der Waals surface area contributed by atoms with Gasteiger partial charge in [0.1, 0.15) is 0 Å². The summed E-state index contributed by atoms with van der Waals surface area (Å²) < 4.78 is 0. The molecule has 0 aliphatic heterocycles. The number of anilines is 1. The maximum atomic E-state index is 11.6. The molecule has 0 spiro atoms. The van der Waals surface area contributed by atoms with Crippen LogP contribution in [0.25, 0.3) is 11.3 Å². The summed E-state index contributed by atoms with van der Waals surface area (Å²) in [6.07, 6.45) is 9.05. The van der Waals surface area contributed by atoms with Gasteiger partial charge < -0.3 is 16.4 Å². The first kappa shape index (κ1) is 21.5. The van der Waals surface area contributed by atoms with Crippen molar-refractivity contribution in [2.24, 2.45) is 10.7 Å². The summed E-state index contributed by atoms with van der Waals surface area (Å²) in [5, 5.41) is 6.20. The third-order valence-electron chi connectivity index (χ3n) is 4.98. The zero-order valence-electron chi connectivity index (χ0n) is 17.9. The zero-order chi connectivity index (χ0) is 21.5. The Balaban J connectivity index is 1.85. The van der Waals surface area contributed by atoms with Crippen molar-refractivity contribution in [2.75, 3.05) is 5.32 Å². The monoisotopic (exact) mass is 406 g/mol. The average Bonchev–Trinajstić information content (AvgIpc) is 2.92. The van der Waals surface area contributed by atoms with Gasteiger partial charge in [0.25, 0.3) is 0 Å². The van der Waals surface area contributed by atoms with E-state index in [1.165, 1.54) is 17.3 Å². The Bertz CT molecular complexity index is 950. The number of benzene rings is 1. The second kappa shape index (κ2) is 10.0. The van der Waals surface area contributed by atoms with E-state index in [4.69, 9.17) is 5.73 Å². The SMILES string of the molecule is CC(=O)NC1CCCCc2cc(-c3ccnc(NC(C=NC(C)C)=CN)n3)ccc21. The lowest BCUT2D eigenvalue weighted by atomic mass is 9.95. The lowest BCUT2D eigenvalue weighted by molar-refractivity contribution is -0.119. The van der Waals surface area contributed by atoms with E-state index in [0.29, 0.717) is 11.6 Å². The third kappa shape index (κ3) is 5.65. The van der Waals surface area contributed by atoms with E-state index in [1.807, 2.05) is 19.9 Å². The minimum atomic E-state index is 0.00760. The maximum Gasteiger partial charge on any atom is 0.227 e. The number of aromatic nitrogens is 2. The summed E-state index contributed by atoms with van der Waals surface area (Å²) in [6, 6.07) is 8.51. The summed E-state index contributed by atoms with van der Waals surface area (Å²) >= 11 is 0. The molecule has 1 aliphatic rings. The van der Waals surface area contributed by atoms with Crippen molar-refractivity contribution >= 4 is 18.1 Å². The molecule has 2 aromatic rings. The number of allylic oxidation sites excluding steroid dienone is 1. The van der Waals surface area contributed by atoms with Gasteiger partial charge in [-0.05, 0) is 56.4 Å². The molecule has 1 aromatic heterocycles. The van der Waals surface area contributed by atoms with Crippen LogP contribution in [-0.4, -0.2) is 28.1 Å². The molecule has 158 valence electrons. The molecule has 1 unspecified atom stereocenters. The fraction of sp³-hybridized carbons (Fsp3) is 0.391. The van der Waals surface area contributed by atoms with Crippen molar-refractivity contribution < 1.29 is 4.79 Å². The van der Waals surface area contributed by atoms with Gasteiger partial charge in [-0.1, -0.05) is 18.6 Å². The number of nitrogens with zero attached hydrogens (tertiary/aromatic N) is 3. The number of carbonyl (C=O) groups excluding carboxylic acids is 1. The van der Waals surface area contributed by atoms with E-state index < -0.39 is 0 Å². The van der Waals surface area contributed by atoms with Crippen molar-refractivity contribution in [1.82, 2.24) is 15.3 Å². The number of amides is 1. The fourth-order valence-corrected chi connectivity index (χ4v) is 3.59. The van der Waals surface area contributed by atoms with Crippen LogP contribution >= 0.6 is 0 Å². The van der Waals surface area contributed by atoms with Gasteiger partial charge in [-0.2, -0.15) is 0 Å². The molecule has 1 aliphatic carbocycles. The molecule has 3 rings (SSSR count). The smallest absolute Gasteiger partial charge is 0.227 e. The number of carbonyl (C=O) groups is 1. The first-order valence-corrected chi connectivity index (χ1v) is 10.4. The van der Waals surface area contributed by atoms with Gasteiger partial charge in [-0.15, -0.1) is 0 Å². The minimum absolute atomic E-state index is 0.00760. The first-order chi connectivity index (χ1) is 14.5. The van der Waals surface area contributed by atoms with E-state index in [9.17, 15) is 4.79 Å². The summed E-state index contributed by atoms with van der Waals surface area (Å²) in [5.41, 5.74) is 10.7. The molecular formula is C23H30N6O. The Kier molecular flexibility index (Phi) is 7.17. The lowest BCUT2D eigenvalue weighted by Crippen LogP contribution is -2.26. The van der Waals surface area contributed by atoms with Crippen molar-refractivity contribution in [1.29, 1.82) is 0 Å². The zero-order valence-corrected chi connectivity index (χ0v) is 17.9. The molecule has 1 heterocycles. The minimum Gasteiger partial charge on any atom is -0.403 e. The van der Waals surface area contributed by atoms with E-state index in [-0.39, 0.29) is 18.0 Å². The summed E-state index contributed by atoms with van der Waals surface area (Å²) in [6.45, 7) is 5.57. The largest absolute Gasteiger partial charge is 0.403 e. The number of hydrogen-bond acceptors (Lipinski definition) is 6. The quantitative estimate of drug-likeness (QED) is 0.501. The molecule has 0 saturated carbocycles. The van der Waals surface area contributed by atoms with E-state index >= 15 is 0 Å². The molecule has 1 amide bonds. The fourth-order valence-electron chi connectivity index (χ4n) is 3.59. The van der Waals surface area contributed by atoms with Crippen LogP contribution in [0.3, 0.4) is 0 Å². The Morgan fingerprint density at radius 3 is 2.87 bits per heavy atom. The number of nitrogens with two attached hydrogens (primary N) is 1. The highest BCUT2D eigenvalue weighted by atomic mass is 16.1. The number of hydrogen-bond donors (Lipinski definition) is 3. The molecule has 0 saturated heterocycles. The molecule has 1 aromatic carbocycles. The predicted molar refractivity (Wildman–Crippen MR) is 121 cm³/mol. The molecule has 7 heteroatoms. The lowest BCUT2D eigenvalue weighted by Gasteiger charge is -2.19. The van der Waals surface area contributed by atoms with Crippen LogP contribution in [0.4, 0.5) is 5.95 Å². The summed E-state index contributed by atoms with van der Waals surface area (Å²) in [4.78, 5) is 24.9. The van der Waals surface area contributed by atoms with Gasteiger partial charge in [0.2, 0.25) is 11.9 Å². The highest BCUT2D eigenvalue weighted by Crippen LogP contribution is 2.31. The second-order valence-electron chi connectivity index (χ2n) is 7.80. The molecule has 30 heavy (non-hydrogen) atoms. The van der Waals surface area contributed by atoms with Crippen LogP contribution in [0, 0.1) is 0 Å². The standard InChI is InChI=1S/C23H30N6O/c1-15(2)26-14-19(13-24)28-23-25-11-10-21(29-23)18-8-9-20-17(12-18)6-4-5-7-22(20)27-16(3)30/h8-15,22H,4-7,24H2,1-3H3,(H,27,30)(H,25,28,29). The van der Waals surface area contributed by atoms with Crippen molar-refractivity contribution in [3.63, 3.8) is 0 Å². The first-order valence-electron chi connectivity index (χ1n) is 10.4. The van der Waals surface area contributed by atoms with Crippen LogP contribution in [0.2, 0.25) is 0 Å². The molecule has 0 bridgehead atoms. The summed E-state index contributed by atoms with van der Waals surface area (Å²) in [5.74, 6) is 0.471. The molecule has 0 fully saturated rings. The van der Waals surface area contributed by atoms with Crippen molar-refractivity contribution in [2.45, 2.75) is 58.5 Å². The van der Waals surface area contributed by atoms with Gasteiger partial charge in [0, 0.05) is 37.1 Å². The normalized spacial score (nSPS) is 16.9. The molecule has 7 nitrogen and oxygen atoms in total. The average molecular weight is 407 g/mol. The van der Waals surface area contributed by atoms with Crippen LogP contribution < -0.4 is 16.4 Å². The number of rotatable bonds is 6. The third-order valence-corrected chi connectivity index (χ3v) is 4.98. The van der Waals surface area contributed by atoms with Crippen molar-refractivity contribution in [3.05, 3.63) is 53.5 Å².